The van der Waals surface area contributed by atoms with Crippen LogP contribution in [0.25, 0.3) is 0 Å². The van der Waals surface area contributed by atoms with Gasteiger partial charge in [0.15, 0.2) is 5.72 Å². The number of nitrogens with zero attached hydrogens (tertiary/aromatic N) is 1. The van der Waals surface area contributed by atoms with E-state index in [0.29, 0.717) is 0 Å². The number of aryl methyl sites for hydroxylation is 1. The second kappa shape index (κ2) is 3.81. The van der Waals surface area contributed by atoms with Gasteiger partial charge in [0.25, 0.3) is 0 Å². The van der Waals surface area contributed by atoms with Gasteiger partial charge >= 0.3 is 0 Å². The summed E-state index contributed by atoms with van der Waals surface area (Å²) in [6, 6.07) is 7.95. The molecule has 0 radical (unpaired) electrons. The number of hydrogen-bond acceptors (Lipinski definition) is 3. The molecule has 5 rings (SSSR count). The van der Waals surface area contributed by atoms with Crippen LogP contribution in [0.3, 0.4) is 0 Å². The molecule has 7 unspecified atom stereocenters. The van der Waals surface area contributed by atoms with Gasteiger partial charge in [0, 0.05) is 11.6 Å². The zero-order valence-corrected chi connectivity index (χ0v) is 12.5. The Labute approximate surface area is 129 Å². The van der Waals surface area contributed by atoms with E-state index in [1.165, 1.54) is 0 Å². The standard InChI is InChI=1S/C18H19NO3/c1-3-18-14-12-8-11(15(20)16(12)22-18)13(14)17(21)19(18)10-6-4-5-9(2)7-10/h3-7,11-16,20H,1,8H2,2H3. The average Bonchev–Trinajstić information content (AvgIpc) is 3.15. The van der Waals surface area contributed by atoms with Crippen LogP contribution in [0.15, 0.2) is 36.9 Å². The fourth-order valence-corrected chi connectivity index (χ4v) is 5.58. The minimum Gasteiger partial charge on any atom is -0.390 e. The number of rotatable bonds is 2. The normalized spacial score (nSPS) is 47.5. The van der Waals surface area contributed by atoms with E-state index in [1.54, 1.807) is 11.0 Å². The quantitative estimate of drug-likeness (QED) is 0.848. The largest absolute Gasteiger partial charge is 0.390 e. The Bertz CT molecular complexity index is 701. The van der Waals surface area contributed by atoms with Crippen LogP contribution in [0.4, 0.5) is 5.69 Å². The van der Waals surface area contributed by atoms with Gasteiger partial charge in [-0.2, -0.15) is 0 Å². The average molecular weight is 297 g/mol. The summed E-state index contributed by atoms with van der Waals surface area (Å²) in [5, 5.41) is 10.4. The number of hydrogen-bond donors (Lipinski definition) is 1. The van der Waals surface area contributed by atoms with Gasteiger partial charge in [0.2, 0.25) is 5.91 Å². The van der Waals surface area contributed by atoms with Gasteiger partial charge in [-0.15, -0.1) is 0 Å². The topological polar surface area (TPSA) is 49.8 Å². The number of anilines is 1. The lowest BCUT2D eigenvalue weighted by Gasteiger charge is -2.36. The number of aliphatic hydroxyl groups is 1. The van der Waals surface area contributed by atoms with E-state index in [-0.39, 0.29) is 35.7 Å². The summed E-state index contributed by atoms with van der Waals surface area (Å²) in [4.78, 5) is 14.9. The lowest BCUT2D eigenvalue weighted by atomic mass is 9.77. The molecule has 0 aromatic heterocycles. The third kappa shape index (κ3) is 1.18. The van der Waals surface area contributed by atoms with Crippen LogP contribution in [0.2, 0.25) is 0 Å². The first-order valence-electron chi connectivity index (χ1n) is 7.99. The van der Waals surface area contributed by atoms with Crippen LogP contribution in [-0.2, 0) is 9.53 Å². The van der Waals surface area contributed by atoms with Crippen molar-refractivity contribution in [3.05, 3.63) is 42.5 Å². The van der Waals surface area contributed by atoms with Crippen LogP contribution < -0.4 is 4.90 Å². The molecule has 7 atom stereocenters. The molecule has 2 heterocycles. The smallest absolute Gasteiger partial charge is 0.233 e. The highest BCUT2D eigenvalue weighted by Gasteiger charge is 2.77. The van der Waals surface area contributed by atoms with E-state index in [2.05, 4.69) is 6.58 Å². The fourth-order valence-electron chi connectivity index (χ4n) is 5.58. The van der Waals surface area contributed by atoms with E-state index in [1.807, 2.05) is 31.2 Å². The molecule has 2 saturated heterocycles. The van der Waals surface area contributed by atoms with Crippen molar-refractivity contribution in [2.45, 2.75) is 31.3 Å². The van der Waals surface area contributed by atoms with Crippen molar-refractivity contribution in [1.29, 1.82) is 0 Å². The molecule has 2 aliphatic heterocycles. The molecule has 2 bridgehead atoms. The van der Waals surface area contributed by atoms with Crippen LogP contribution in [0.5, 0.6) is 0 Å². The summed E-state index contributed by atoms with van der Waals surface area (Å²) in [5.41, 5.74) is 1.20. The minimum atomic E-state index is -0.781. The molecule has 4 aliphatic rings. The highest BCUT2D eigenvalue weighted by molar-refractivity contribution is 6.01. The molecule has 4 nitrogen and oxygen atoms in total. The molecule has 1 aromatic rings. The molecule has 114 valence electrons. The number of carbonyl (C=O) groups is 1. The third-order valence-electron chi connectivity index (χ3n) is 6.26. The number of amides is 1. The predicted molar refractivity (Wildman–Crippen MR) is 81.0 cm³/mol. The second-order valence-electron chi connectivity index (χ2n) is 7.16. The zero-order valence-electron chi connectivity index (χ0n) is 12.5. The highest BCUT2D eigenvalue weighted by Crippen LogP contribution is 2.68. The molecule has 22 heavy (non-hydrogen) atoms. The summed E-state index contributed by atoms with van der Waals surface area (Å²) in [5.74, 6) is 0.416. The first-order chi connectivity index (χ1) is 10.6. The molecule has 2 saturated carbocycles. The maximum atomic E-state index is 13.1. The van der Waals surface area contributed by atoms with Gasteiger partial charge in [-0.3, -0.25) is 9.69 Å². The van der Waals surface area contributed by atoms with Crippen molar-refractivity contribution < 1.29 is 14.6 Å². The first kappa shape index (κ1) is 12.9. The number of fused-ring (bicyclic) bond motifs is 2. The molecule has 0 spiro atoms. The monoisotopic (exact) mass is 297 g/mol. The van der Waals surface area contributed by atoms with Gasteiger partial charge in [0.05, 0.1) is 18.1 Å². The van der Waals surface area contributed by atoms with Crippen molar-refractivity contribution in [2.24, 2.45) is 23.7 Å². The van der Waals surface area contributed by atoms with Crippen molar-refractivity contribution in [3.8, 4) is 0 Å². The van der Waals surface area contributed by atoms with Gasteiger partial charge in [0.1, 0.15) is 0 Å². The molecule has 4 heteroatoms. The van der Waals surface area contributed by atoms with Crippen LogP contribution in [0, 0.1) is 30.6 Å². The number of benzene rings is 1. The zero-order chi connectivity index (χ0) is 15.2. The summed E-state index contributed by atoms with van der Waals surface area (Å²) in [7, 11) is 0. The predicted octanol–water partition coefficient (Wildman–Crippen LogP) is 1.87. The van der Waals surface area contributed by atoms with Gasteiger partial charge < -0.3 is 9.84 Å². The van der Waals surface area contributed by atoms with Crippen molar-refractivity contribution in [2.75, 3.05) is 4.90 Å². The van der Waals surface area contributed by atoms with Crippen LogP contribution >= 0.6 is 0 Å². The Morgan fingerprint density at radius 1 is 1.45 bits per heavy atom. The molecule has 1 aromatic carbocycles. The van der Waals surface area contributed by atoms with E-state index in [4.69, 9.17) is 4.74 Å². The van der Waals surface area contributed by atoms with Crippen LogP contribution in [0.1, 0.15) is 12.0 Å². The Balaban J connectivity index is 1.70. The first-order valence-corrected chi connectivity index (χ1v) is 7.99. The van der Waals surface area contributed by atoms with Gasteiger partial charge in [-0.25, -0.2) is 0 Å². The van der Waals surface area contributed by atoms with Gasteiger partial charge in [-0.05, 0) is 49.0 Å². The van der Waals surface area contributed by atoms with E-state index >= 15 is 0 Å². The summed E-state index contributed by atoms with van der Waals surface area (Å²) in [6.07, 6.45) is 2.04. The fraction of sp³-hybridized carbons (Fsp3) is 0.500. The molecule has 1 amide bonds. The van der Waals surface area contributed by atoms with Gasteiger partial charge in [-0.1, -0.05) is 18.7 Å². The van der Waals surface area contributed by atoms with E-state index < -0.39 is 11.8 Å². The Hall–Kier alpha value is -1.65. The Morgan fingerprint density at radius 2 is 2.27 bits per heavy atom. The van der Waals surface area contributed by atoms with E-state index in [9.17, 15) is 9.90 Å². The Kier molecular flexibility index (Phi) is 2.23. The summed E-state index contributed by atoms with van der Waals surface area (Å²) in [6.45, 7) is 6.00. The maximum Gasteiger partial charge on any atom is 0.233 e. The number of aliphatic hydroxyl groups excluding tert-OH is 1. The molecule has 1 N–H and O–H groups in total. The molecular formula is C18H19NO3. The Morgan fingerprint density at radius 3 is 3.00 bits per heavy atom. The van der Waals surface area contributed by atoms with E-state index in [0.717, 1.165) is 17.7 Å². The highest BCUT2D eigenvalue weighted by atomic mass is 16.6. The summed E-state index contributed by atoms with van der Waals surface area (Å²) >= 11 is 0. The van der Waals surface area contributed by atoms with Crippen molar-refractivity contribution in [3.63, 3.8) is 0 Å². The number of ether oxygens (including phenoxy) is 1. The number of carbonyl (C=O) groups excluding carboxylic acids is 1. The molecular weight excluding hydrogens is 278 g/mol. The van der Waals surface area contributed by atoms with Crippen LogP contribution in [-0.4, -0.2) is 28.9 Å². The minimum absolute atomic E-state index is 0.0455. The molecule has 4 fully saturated rings. The maximum absolute atomic E-state index is 13.1. The van der Waals surface area contributed by atoms with Crippen molar-refractivity contribution in [1.82, 2.24) is 0 Å². The second-order valence-corrected chi connectivity index (χ2v) is 7.16. The lowest BCUT2D eigenvalue weighted by molar-refractivity contribution is -0.130. The molecule has 2 aliphatic carbocycles. The SMILES string of the molecule is C=CC12OC3C(O)C4CC3C1C4C(=O)N2c1cccc(C)c1. The van der Waals surface area contributed by atoms with Crippen molar-refractivity contribution >= 4 is 11.6 Å². The lowest BCUT2D eigenvalue weighted by Crippen LogP contribution is -2.50. The summed E-state index contributed by atoms with van der Waals surface area (Å²) < 4.78 is 6.29. The third-order valence-corrected chi connectivity index (χ3v) is 6.26.